The Hall–Kier alpha value is -3.42. The van der Waals surface area contributed by atoms with Crippen molar-refractivity contribution in [2.24, 2.45) is 5.16 Å². The molecule has 0 spiro atoms. The molecule has 8 nitrogen and oxygen atoms in total. The summed E-state index contributed by atoms with van der Waals surface area (Å²) in [7, 11) is 2.73. The number of rotatable bonds is 6. The molecule has 2 rings (SSSR count). The molecule has 0 saturated heterocycles. The lowest BCUT2D eigenvalue weighted by Gasteiger charge is -2.10. The summed E-state index contributed by atoms with van der Waals surface area (Å²) in [5.74, 6) is -0.405. The molecule has 8 heteroatoms. The van der Waals surface area contributed by atoms with Gasteiger partial charge in [-0.2, -0.15) is 0 Å². The van der Waals surface area contributed by atoms with Gasteiger partial charge < -0.3 is 14.3 Å². The summed E-state index contributed by atoms with van der Waals surface area (Å²) in [6.45, 7) is 1.70. The van der Waals surface area contributed by atoms with Gasteiger partial charge in [-0.1, -0.05) is 17.3 Å². The summed E-state index contributed by atoms with van der Waals surface area (Å²) in [5, 5.41) is 14.9. The van der Waals surface area contributed by atoms with E-state index in [1.807, 2.05) is 0 Å². The molecular formula is C17H16N2O6. The number of hydrogen-bond acceptors (Lipinski definition) is 7. The van der Waals surface area contributed by atoms with E-state index in [4.69, 9.17) is 14.3 Å². The zero-order valence-corrected chi connectivity index (χ0v) is 13.9. The van der Waals surface area contributed by atoms with Crippen LogP contribution in [-0.4, -0.2) is 30.8 Å². The van der Waals surface area contributed by atoms with Gasteiger partial charge in [0, 0.05) is 11.6 Å². The van der Waals surface area contributed by atoms with Crippen molar-refractivity contribution in [3.05, 3.63) is 63.7 Å². The average Bonchev–Trinajstić information content (AvgIpc) is 2.61. The number of carbonyl (C=O) groups excluding carboxylic acids is 1. The van der Waals surface area contributed by atoms with Crippen molar-refractivity contribution in [1.82, 2.24) is 0 Å². The van der Waals surface area contributed by atoms with E-state index in [1.54, 1.807) is 31.2 Å². The third kappa shape index (κ3) is 4.11. The topological polar surface area (TPSA) is 100 Å². The summed E-state index contributed by atoms with van der Waals surface area (Å²) in [5.41, 5.74) is 0.804. The third-order valence-electron chi connectivity index (χ3n) is 3.32. The van der Waals surface area contributed by atoms with Gasteiger partial charge in [-0.05, 0) is 31.2 Å². The molecule has 0 fully saturated rings. The average molecular weight is 344 g/mol. The summed E-state index contributed by atoms with van der Waals surface area (Å²) >= 11 is 0. The van der Waals surface area contributed by atoms with Gasteiger partial charge in [0.25, 0.3) is 0 Å². The Labute approximate surface area is 143 Å². The maximum atomic E-state index is 12.4. The van der Waals surface area contributed by atoms with E-state index in [2.05, 4.69) is 5.16 Å². The number of nitro benzene ring substituents is 1. The van der Waals surface area contributed by atoms with E-state index in [9.17, 15) is 14.9 Å². The fraction of sp³-hybridized carbons (Fsp3) is 0.176. The van der Waals surface area contributed by atoms with E-state index < -0.39 is 10.9 Å². The molecule has 0 aliphatic carbocycles. The summed E-state index contributed by atoms with van der Waals surface area (Å²) < 4.78 is 10.3. The van der Waals surface area contributed by atoms with Crippen LogP contribution in [0.4, 0.5) is 5.69 Å². The molecule has 0 aromatic heterocycles. The number of hydrogen-bond donors (Lipinski definition) is 0. The Morgan fingerprint density at radius 3 is 2.48 bits per heavy atom. The molecule has 2 aromatic rings. The van der Waals surface area contributed by atoms with Crippen LogP contribution < -0.4 is 9.47 Å². The minimum Gasteiger partial charge on any atom is -0.490 e. The Morgan fingerprint density at radius 1 is 1.12 bits per heavy atom. The first kappa shape index (κ1) is 17.9. The SMILES string of the molecule is CO/N=C(\C)c1ccccc1OC(=O)c1ccc(OC)c([N+](=O)[O-])c1. The normalized spacial score (nSPS) is 10.9. The number of carbonyl (C=O) groups is 1. The second kappa shape index (κ2) is 7.91. The largest absolute Gasteiger partial charge is 0.490 e. The van der Waals surface area contributed by atoms with Crippen molar-refractivity contribution in [3.8, 4) is 11.5 Å². The highest BCUT2D eigenvalue weighted by molar-refractivity contribution is 6.02. The first-order chi connectivity index (χ1) is 12.0. The van der Waals surface area contributed by atoms with Crippen LogP contribution in [0.5, 0.6) is 11.5 Å². The van der Waals surface area contributed by atoms with Crippen LogP contribution >= 0.6 is 0 Å². The molecule has 2 aromatic carbocycles. The smallest absolute Gasteiger partial charge is 0.343 e. The second-order valence-corrected chi connectivity index (χ2v) is 4.89. The van der Waals surface area contributed by atoms with Gasteiger partial charge in [0.05, 0.1) is 23.3 Å². The Balaban J connectivity index is 2.34. The molecule has 0 N–H and O–H groups in total. The molecule has 0 radical (unpaired) electrons. The maximum Gasteiger partial charge on any atom is 0.343 e. The van der Waals surface area contributed by atoms with Crippen LogP contribution in [-0.2, 0) is 4.84 Å². The first-order valence-electron chi connectivity index (χ1n) is 7.19. The van der Waals surface area contributed by atoms with E-state index >= 15 is 0 Å². The quantitative estimate of drug-likeness (QED) is 0.262. The van der Waals surface area contributed by atoms with Crippen LogP contribution in [0.15, 0.2) is 47.6 Å². The number of oxime groups is 1. The number of ether oxygens (including phenoxy) is 2. The molecule has 0 atom stereocenters. The minimum absolute atomic E-state index is 0.0311. The fourth-order valence-corrected chi connectivity index (χ4v) is 2.16. The lowest BCUT2D eigenvalue weighted by Crippen LogP contribution is -2.11. The van der Waals surface area contributed by atoms with E-state index in [0.29, 0.717) is 11.3 Å². The lowest BCUT2D eigenvalue weighted by atomic mass is 10.1. The van der Waals surface area contributed by atoms with Crippen molar-refractivity contribution in [1.29, 1.82) is 0 Å². The molecule has 25 heavy (non-hydrogen) atoms. The zero-order valence-electron chi connectivity index (χ0n) is 13.9. The number of benzene rings is 2. The summed E-state index contributed by atoms with van der Waals surface area (Å²) in [6.07, 6.45) is 0. The van der Waals surface area contributed by atoms with Gasteiger partial charge in [-0.25, -0.2) is 4.79 Å². The monoisotopic (exact) mass is 344 g/mol. The maximum absolute atomic E-state index is 12.4. The number of para-hydroxylation sites is 1. The van der Waals surface area contributed by atoms with Crippen LogP contribution in [0.1, 0.15) is 22.8 Å². The summed E-state index contributed by atoms with van der Waals surface area (Å²) in [6, 6.07) is 10.6. The van der Waals surface area contributed by atoms with Crippen molar-refractivity contribution in [2.45, 2.75) is 6.92 Å². The molecule has 0 saturated carbocycles. The predicted octanol–water partition coefficient (Wildman–Crippen LogP) is 3.19. The second-order valence-electron chi connectivity index (χ2n) is 4.89. The Kier molecular flexibility index (Phi) is 5.67. The van der Waals surface area contributed by atoms with Crippen LogP contribution in [0.3, 0.4) is 0 Å². The van der Waals surface area contributed by atoms with Crippen molar-refractivity contribution in [3.63, 3.8) is 0 Å². The molecule has 0 unspecified atom stereocenters. The van der Waals surface area contributed by atoms with Crippen molar-refractivity contribution in [2.75, 3.05) is 14.2 Å². The van der Waals surface area contributed by atoms with Gasteiger partial charge in [-0.15, -0.1) is 0 Å². The van der Waals surface area contributed by atoms with Gasteiger partial charge in [0.2, 0.25) is 0 Å². The number of methoxy groups -OCH3 is 1. The van der Waals surface area contributed by atoms with Crippen molar-refractivity contribution >= 4 is 17.4 Å². The van der Waals surface area contributed by atoms with Crippen LogP contribution in [0, 0.1) is 10.1 Å². The van der Waals surface area contributed by atoms with Gasteiger partial charge >= 0.3 is 11.7 Å². The molecular weight excluding hydrogens is 328 g/mol. The number of esters is 1. The van der Waals surface area contributed by atoms with E-state index in [0.717, 1.165) is 6.07 Å². The standard InChI is InChI=1S/C17H16N2O6/c1-11(18-24-3)13-6-4-5-7-15(13)25-17(20)12-8-9-16(23-2)14(10-12)19(21)22/h4-10H,1-3H3/b18-11+. The summed E-state index contributed by atoms with van der Waals surface area (Å²) in [4.78, 5) is 27.5. The van der Waals surface area contributed by atoms with Crippen LogP contribution in [0.2, 0.25) is 0 Å². The first-order valence-corrected chi connectivity index (χ1v) is 7.19. The molecule has 130 valence electrons. The van der Waals surface area contributed by atoms with Crippen LogP contribution in [0.25, 0.3) is 0 Å². The predicted molar refractivity (Wildman–Crippen MR) is 90.3 cm³/mol. The van der Waals surface area contributed by atoms with Gasteiger partial charge in [0.15, 0.2) is 5.75 Å². The molecule has 0 bridgehead atoms. The minimum atomic E-state index is -0.733. The highest BCUT2D eigenvalue weighted by atomic mass is 16.6. The Morgan fingerprint density at radius 2 is 1.84 bits per heavy atom. The third-order valence-corrected chi connectivity index (χ3v) is 3.32. The number of nitrogens with zero attached hydrogens (tertiary/aromatic N) is 2. The van der Waals surface area contributed by atoms with Gasteiger partial charge in [-0.3, -0.25) is 10.1 Å². The highest BCUT2D eigenvalue weighted by Crippen LogP contribution is 2.28. The van der Waals surface area contributed by atoms with Gasteiger partial charge in [0.1, 0.15) is 12.9 Å². The van der Waals surface area contributed by atoms with E-state index in [1.165, 1.54) is 26.4 Å². The fourth-order valence-electron chi connectivity index (χ4n) is 2.16. The molecule has 0 aliphatic rings. The molecule has 0 heterocycles. The van der Waals surface area contributed by atoms with E-state index in [-0.39, 0.29) is 22.7 Å². The zero-order chi connectivity index (χ0) is 18.4. The number of nitro groups is 1. The lowest BCUT2D eigenvalue weighted by molar-refractivity contribution is -0.385. The molecule has 0 aliphatic heterocycles. The Bertz CT molecular complexity index is 832. The highest BCUT2D eigenvalue weighted by Gasteiger charge is 2.20. The van der Waals surface area contributed by atoms with Crippen molar-refractivity contribution < 1.29 is 24.0 Å². The molecule has 0 amide bonds.